The Balaban J connectivity index is 0.000000225. The first-order valence-corrected chi connectivity index (χ1v) is 22.0. The van der Waals surface area contributed by atoms with E-state index in [4.69, 9.17) is 38.3 Å². The second kappa shape index (κ2) is 28.4. The van der Waals surface area contributed by atoms with Crippen LogP contribution in [0.25, 0.3) is 11.3 Å². The molecule has 1 aromatic heterocycles. The molecule has 0 spiro atoms. The van der Waals surface area contributed by atoms with Crippen LogP contribution >= 0.6 is 24.4 Å². The fourth-order valence-electron chi connectivity index (χ4n) is 5.90. The Hall–Kier alpha value is -6.61. The van der Waals surface area contributed by atoms with Crippen LogP contribution in [0.15, 0.2) is 225 Å². The number of carbonyl (C=O) groups is 2. The third-order valence-electron chi connectivity index (χ3n) is 9.36. The zero-order valence-electron chi connectivity index (χ0n) is 37.2. The molecule has 7 aromatic rings. The van der Waals surface area contributed by atoms with Crippen molar-refractivity contribution in [2.24, 2.45) is 32.9 Å². The molecule has 0 radical (unpaired) electrons. The third-order valence-corrected chi connectivity index (χ3v) is 11.1. The number of hydrogen-bond donors (Lipinski definition) is 7. The summed E-state index contributed by atoms with van der Waals surface area (Å²) >= 11 is 5.80. The summed E-state index contributed by atoms with van der Waals surface area (Å²) in [4.78, 5) is 31.4. The number of nitrogens with zero attached hydrogens (tertiary/aromatic N) is 3. The zero-order chi connectivity index (χ0) is 47.9. The Morgan fingerprint density at radius 2 is 1.04 bits per heavy atom. The van der Waals surface area contributed by atoms with Crippen LogP contribution in [-0.4, -0.2) is 58.2 Å². The number of rotatable bonds is 10. The number of aliphatic hydroxyl groups is 1. The predicted molar refractivity (Wildman–Crippen MR) is 272 cm³/mol. The minimum Gasteiger partial charge on any atom is -0.401 e. The number of aliphatic imine (C=N–C) groups is 2. The van der Waals surface area contributed by atoms with Gasteiger partial charge in [-0.05, 0) is 54.8 Å². The quantitative estimate of drug-likeness (QED) is 0.0398. The van der Waals surface area contributed by atoms with Crippen LogP contribution in [0.3, 0.4) is 0 Å². The average Bonchev–Trinajstić information content (AvgIpc) is 4.28. The van der Waals surface area contributed by atoms with E-state index in [1.54, 1.807) is 24.8 Å². The van der Waals surface area contributed by atoms with E-state index in [1.165, 1.54) is 0 Å². The molecule has 2 aliphatic rings. The molecular weight excluding hydrogens is 966 g/mol. The van der Waals surface area contributed by atoms with E-state index in [0.717, 1.165) is 49.2 Å². The van der Waals surface area contributed by atoms with Gasteiger partial charge in [0.2, 0.25) is 17.7 Å². The van der Waals surface area contributed by atoms with Crippen molar-refractivity contribution in [3.05, 3.63) is 217 Å². The third kappa shape index (κ3) is 18.3. The molecule has 0 aliphatic carbocycles. The number of aliphatic hydroxyl groups excluding tert-OH is 1. The molecule has 0 saturated carbocycles. The van der Waals surface area contributed by atoms with Gasteiger partial charge in [-0.3, -0.25) is 19.6 Å². The van der Waals surface area contributed by atoms with Crippen LogP contribution in [0.5, 0.6) is 0 Å². The summed E-state index contributed by atoms with van der Waals surface area (Å²) in [6.45, 7) is 7.87. The molecular formula is C52H56N8O4RuS2. The number of carbonyl (C=O) groups excluding carboxylic acids is 2. The Bertz CT molecular complexity index is 2540. The summed E-state index contributed by atoms with van der Waals surface area (Å²) in [7, 11) is 0. The van der Waals surface area contributed by atoms with Crippen molar-refractivity contribution in [3.8, 4) is 11.3 Å². The molecule has 2 aliphatic heterocycles. The molecule has 2 amide bonds. The van der Waals surface area contributed by atoms with Crippen molar-refractivity contribution in [3.63, 3.8) is 0 Å². The van der Waals surface area contributed by atoms with Crippen LogP contribution in [0, 0.1) is 0 Å². The number of thioether (sulfide) groups is 1. The smallest absolute Gasteiger partial charge is 0.248 e. The van der Waals surface area contributed by atoms with E-state index < -0.39 is 0 Å². The summed E-state index contributed by atoms with van der Waals surface area (Å²) < 4.78 is 4.39. The number of thiol groups is 1. The number of benzene rings is 6. The van der Waals surface area contributed by atoms with Gasteiger partial charge in [0.15, 0.2) is 12.1 Å². The van der Waals surface area contributed by atoms with E-state index in [1.807, 2.05) is 158 Å². The number of amides is 2. The molecule has 4 unspecified atom stereocenters. The van der Waals surface area contributed by atoms with Crippen LogP contribution < -0.4 is 28.7 Å². The molecule has 3 heterocycles. The van der Waals surface area contributed by atoms with Gasteiger partial charge < -0.3 is 38.3 Å². The van der Waals surface area contributed by atoms with E-state index in [-0.39, 0.29) is 60.8 Å². The van der Waals surface area contributed by atoms with Crippen LogP contribution in [0.4, 0.5) is 5.88 Å². The van der Waals surface area contributed by atoms with Gasteiger partial charge >= 0.3 is 0 Å². The van der Waals surface area contributed by atoms with Gasteiger partial charge in [0, 0.05) is 53.2 Å². The number of hydrogen-bond acceptors (Lipinski definition) is 12. The van der Waals surface area contributed by atoms with Crippen molar-refractivity contribution in [1.29, 1.82) is 0 Å². The average molecular weight is 1020 g/mol. The molecule has 12 nitrogen and oxygen atoms in total. The Labute approximate surface area is 415 Å². The fraction of sp³-hybridized carbons (Fsp3) is 0.135. The number of primary amides is 2. The molecule has 9 rings (SSSR count). The van der Waals surface area contributed by atoms with Gasteiger partial charge in [-0.1, -0.05) is 169 Å². The Morgan fingerprint density at radius 1 is 0.687 bits per heavy atom. The monoisotopic (exact) mass is 1020 g/mol. The van der Waals surface area contributed by atoms with E-state index >= 15 is 0 Å². The van der Waals surface area contributed by atoms with Crippen molar-refractivity contribution in [2.75, 3.05) is 12.3 Å². The molecule has 67 heavy (non-hydrogen) atoms. The van der Waals surface area contributed by atoms with Gasteiger partial charge in [-0.2, -0.15) is 0 Å². The maximum atomic E-state index is 10.7. The van der Waals surface area contributed by atoms with Gasteiger partial charge in [0.1, 0.15) is 5.69 Å². The molecule has 0 bridgehead atoms. The second-order valence-electron chi connectivity index (χ2n) is 14.4. The van der Waals surface area contributed by atoms with Crippen molar-refractivity contribution < 1.29 is 38.7 Å². The maximum Gasteiger partial charge on any atom is 0.248 e. The minimum absolute atomic E-state index is 0. The topological polar surface area (TPSA) is 235 Å². The summed E-state index contributed by atoms with van der Waals surface area (Å²) in [5.74, 6) is -0.392. The molecule has 0 fully saturated rings. The predicted octanol–water partition coefficient (Wildman–Crippen LogP) is 8.08. The molecule has 348 valence electrons. The van der Waals surface area contributed by atoms with Gasteiger partial charge in [-0.25, -0.2) is 0 Å². The Kier molecular flexibility index (Phi) is 23.2. The summed E-state index contributed by atoms with van der Waals surface area (Å²) in [6.07, 6.45) is 0. The van der Waals surface area contributed by atoms with Crippen molar-refractivity contribution in [1.82, 2.24) is 5.16 Å². The number of nitrogens with two attached hydrogens (primary N) is 5. The molecule has 0 saturated heterocycles. The van der Waals surface area contributed by atoms with Crippen LogP contribution in [-0.2, 0) is 33.8 Å². The SMILES string of the molecule is C=C(N)C(N)C(C)(Sc1ccccc1)c1ccccc1.CCO.NC(=O)C1N=C1c1ccccc1.NC(=O)C1N=C1c1ccccc1.Nc1cc(-c2ccccc2)no1.Sc1ccccc1.[Ru]. The van der Waals surface area contributed by atoms with Gasteiger partial charge in [0.25, 0.3) is 0 Å². The summed E-state index contributed by atoms with van der Waals surface area (Å²) in [5, 5.41) is 11.4. The standard InChI is InChI=1S/C17H20N2S.3C9H8N2O.C6H6S.C2H6O.Ru/c1-13(18)16(19)17(2,14-9-5-3-6-10-14)20-15-11-7-4-8-12-15;10-9-6-8(11-12-9)7-4-2-1-3-5-7;2*10-9(12)8-7(11-8)6-4-2-1-3-5-6;7-6-4-2-1-3-5-6;1-2-3;/h3-12,16H,1,18-19H2,2H3;1-6H,10H2;2*1-5,8H,(H2,10,12);1-5,7H;3H,2H2,1H3;. The Morgan fingerprint density at radius 3 is 1.36 bits per heavy atom. The molecule has 15 heteroatoms. The molecule has 11 N–H and O–H groups in total. The van der Waals surface area contributed by atoms with E-state index in [0.29, 0.717) is 11.6 Å². The van der Waals surface area contributed by atoms with E-state index in [2.05, 4.69) is 65.5 Å². The van der Waals surface area contributed by atoms with Crippen LogP contribution in [0.1, 0.15) is 30.5 Å². The maximum absolute atomic E-state index is 10.7. The first-order chi connectivity index (χ1) is 31.8. The summed E-state index contributed by atoms with van der Waals surface area (Å²) in [5.41, 5.74) is 34.8. The number of nitrogen functional groups attached to an aromatic ring is 1. The van der Waals surface area contributed by atoms with Crippen LogP contribution in [0.2, 0.25) is 0 Å². The zero-order valence-corrected chi connectivity index (χ0v) is 40.6. The minimum atomic E-state index is -0.368. The first-order valence-electron chi connectivity index (χ1n) is 20.8. The first kappa shape index (κ1) is 54.7. The van der Waals surface area contributed by atoms with Gasteiger partial charge in [-0.15, -0.1) is 24.4 Å². The second-order valence-corrected chi connectivity index (χ2v) is 16.5. The van der Waals surface area contributed by atoms with Crippen molar-refractivity contribution in [2.45, 2.75) is 46.5 Å². The van der Waals surface area contributed by atoms with Gasteiger partial charge in [0.05, 0.1) is 22.2 Å². The fourth-order valence-corrected chi connectivity index (χ4v) is 7.39. The molecule has 4 atom stereocenters. The molecule has 6 aromatic carbocycles. The summed E-state index contributed by atoms with van der Waals surface area (Å²) in [6, 6.07) is 59.8. The number of anilines is 1. The van der Waals surface area contributed by atoms with Crippen molar-refractivity contribution >= 4 is 53.5 Å². The van der Waals surface area contributed by atoms with E-state index in [9.17, 15) is 9.59 Å². The largest absolute Gasteiger partial charge is 0.401 e. The normalized spacial score (nSPS) is 14.7. The number of aromatic nitrogens is 1.